The first-order valence-corrected chi connectivity index (χ1v) is 6.85. The minimum absolute atomic E-state index is 0.00259. The zero-order valence-electron chi connectivity index (χ0n) is 10.3. The molecule has 6 nitrogen and oxygen atoms in total. The molecule has 0 aliphatic rings. The second kappa shape index (κ2) is 7.47. The van der Waals surface area contributed by atoms with Crippen LogP contribution in [0.15, 0.2) is 11.1 Å². The number of hydrazine groups is 1. The number of nitrogens with two attached hydrogens (primary N) is 1. The van der Waals surface area contributed by atoms with Gasteiger partial charge in [0.1, 0.15) is 0 Å². The Labute approximate surface area is 119 Å². The summed E-state index contributed by atoms with van der Waals surface area (Å²) >= 11 is 2.01. The Morgan fingerprint density at radius 3 is 2.89 bits per heavy atom. The molecule has 18 heavy (non-hydrogen) atoms. The van der Waals surface area contributed by atoms with Crippen LogP contribution >= 0.6 is 22.6 Å². The van der Waals surface area contributed by atoms with Crippen molar-refractivity contribution in [1.29, 1.82) is 0 Å². The molecule has 0 fully saturated rings. The van der Waals surface area contributed by atoms with Crippen molar-refractivity contribution >= 4 is 28.5 Å². The van der Waals surface area contributed by atoms with Gasteiger partial charge < -0.3 is 0 Å². The fraction of sp³-hybridized carbons (Fsp3) is 0.545. The number of nitrogens with zero attached hydrogens (tertiary/aromatic N) is 2. The van der Waals surface area contributed by atoms with Gasteiger partial charge in [0.15, 0.2) is 0 Å². The van der Waals surface area contributed by atoms with Gasteiger partial charge in [-0.3, -0.25) is 19.6 Å². The van der Waals surface area contributed by atoms with Gasteiger partial charge in [-0.25, -0.2) is 10.8 Å². The Morgan fingerprint density at radius 1 is 1.50 bits per heavy atom. The van der Waals surface area contributed by atoms with E-state index in [-0.39, 0.29) is 11.5 Å². The maximum atomic E-state index is 11.8. The lowest BCUT2D eigenvalue weighted by Gasteiger charge is -2.06. The average molecular weight is 364 g/mol. The molecule has 0 aliphatic carbocycles. The maximum absolute atomic E-state index is 11.8. The number of unbranched alkanes of at least 4 members (excludes halogenated alkanes) is 2. The van der Waals surface area contributed by atoms with Crippen molar-refractivity contribution in [2.24, 2.45) is 5.84 Å². The van der Waals surface area contributed by atoms with Crippen LogP contribution in [0.5, 0.6) is 0 Å². The van der Waals surface area contributed by atoms with Crippen LogP contribution in [0.25, 0.3) is 0 Å². The van der Waals surface area contributed by atoms with Gasteiger partial charge >= 0.3 is 0 Å². The number of aryl methyl sites for hydroxylation is 2. The van der Waals surface area contributed by atoms with Gasteiger partial charge in [0.05, 0.1) is 15.6 Å². The molecule has 1 heterocycles. The Bertz CT molecular complexity index is 473. The van der Waals surface area contributed by atoms with Gasteiger partial charge in [0.25, 0.3) is 5.56 Å². The number of nitrogens with one attached hydrogen (secondary N) is 1. The van der Waals surface area contributed by atoms with Crippen LogP contribution in [-0.2, 0) is 11.3 Å². The van der Waals surface area contributed by atoms with E-state index >= 15 is 0 Å². The molecule has 0 unspecified atom stereocenters. The highest BCUT2D eigenvalue weighted by atomic mass is 127. The second-order valence-corrected chi connectivity index (χ2v) is 5.10. The zero-order valence-corrected chi connectivity index (χ0v) is 12.4. The molecule has 0 spiro atoms. The summed E-state index contributed by atoms with van der Waals surface area (Å²) in [5.41, 5.74) is 2.85. The number of carbonyl (C=O) groups excluding carboxylic acids is 1. The summed E-state index contributed by atoms with van der Waals surface area (Å²) in [6, 6.07) is 0. The van der Waals surface area contributed by atoms with E-state index < -0.39 is 0 Å². The van der Waals surface area contributed by atoms with E-state index in [0.29, 0.717) is 16.5 Å². The number of hydrogen-bond acceptors (Lipinski definition) is 4. The molecule has 3 N–H and O–H groups in total. The van der Waals surface area contributed by atoms with E-state index in [1.165, 1.54) is 0 Å². The van der Waals surface area contributed by atoms with Gasteiger partial charge in [-0.15, -0.1) is 0 Å². The highest BCUT2D eigenvalue weighted by Crippen LogP contribution is 2.04. The molecular formula is C11H17IN4O2. The highest BCUT2D eigenvalue weighted by Gasteiger charge is 2.05. The van der Waals surface area contributed by atoms with Crippen molar-refractivity contribution in [3.8, 4) is 0 Å². The zero-order chi connectivity index (χ0) is 13.5. The summed E-state index contributed by atoms with van der Waals surface area (Å²) in [7, 11) is 0. The predicted molar refractivity (Wildman–Crippen MR) is 76.7 cm³/mol. The number of rotatable bonds is 6. The lowest BCUT2D eigenvalue weighted by molar-refractivity contribution is -0.121. The Balaban J connectivity index is 2.39. The molecule has 0 saturated carbocycles. The third kappa shape index (κ3) is 4.37. The molecule has 1 aromatic heterocycles. The molecule has 100 valence electrons. The van der Waals surface area contributed by atoms with E-state index in [2.05, 4.69) is 10.4 Å². The van der Waals surface area contributed by atoms with Crippen LogP contribution < -0.4 is 16.8 Å². The van der Waals surface area contributed by atoms with Crippen LogP contribution in [0.4, 0.5) is 0 Å². The van der Waals surface area contributed by atoms with E-state index in [4.69, 9.17) is 5.84 Å². The lowest BCUT2D eigenvalue weighted by atomic mass is 10.2. The number of carbonyl (C=O) groups is 1. The van der Waals surface area contributed by atoms with Crippen molar-refractivity contribution in [1.82, 2.24) is 15.0 Å². The third-order valence-electron chi connectivity index (χ3n) is 2.62. The Hall–Kier alpha value is -0.960. The topological polar surface area (TPSA) is 90.0 Å². The van der Waals surface area contributed by atoms with Crippen LogP contribution in [-0.4, -0.2) is 15.5 Å². The van der Waals surface area contributed by atoms with Crippen LogP contribution in [0.3, 0.4) is 0 Å². The highest BCUT2D eigenvalue weighted by molar-refractivity contribution is 14.1. The largest absolute Gasteiger partial charge is 0.298 e. The Kier molecular flexibility index (Phi) is 6.27. The van der Waals surface area contributed by atoms with E-state index in [9.17, 15) is 9.59 Å². The van der Waals surface area contributed by atoms with Gasteiger partial charge in [-0.2, -0.15) is 0 Å². The predicted octanol–water partition coefficient (Wildman–Crippen LogP) is 0.707. The Morgan fingerprint density at radius 2 is 2.22 bits per heavy atom. The van der Waals surface area contributed by atoms with Crippen LogP contribution in [0.2, 0.25) is 0 Å². The number of amides is 1. The van der Waals surface area contributed by atoms with Crippen molar-refractivity contribution in [2.75, 3.05) is 0 Å². The minimum atomic E-state index is -0.154. The summed E-state index contributed by atoms with van der Waals surface area (Å²) in [6.45, 7) is 2.45. The first kappa shape index (κ1) is 15.1. The monoisotopic (exact) mass is 364 g/mol. The summed E-state index contributed by atoms with van der Waals surface area (Å²) < 4.78 is 2.27. The summed E-state index contributed by atoms with van der Waals surface area (Å²) in [6.07, 6.45) is 4.50. The van der Waals surface area contributed by atoms with Crippen molar-refractivity contribution in [2.45, 2.75) is 39.2 Å². The van der Waals surface area contributed by atoms with Gasteiger partial charge in [0.2, 0.25) is 5.91 Å². The molecule has 1 aromatic rings. The molecule has 0 aliphatic heterocycles. The van der Waals surface area contributed by atoms with Crippen molar-refractivity contribution in [3.05, 3.63) is 25.9 Å². The molecule has 0 radical (unpaired) electrons. The molecule has 0 saturated heterocycles. The standard InChI is InChI=1S/C11H17IN4O2/c1-8-10(12)11(18)16(7-14-8)6-4-2-3-5-9(17)15-13/h7H,2-6,13H2,1H3,(H,15,17). The van der Waals surface area contributed by atoms with E-state index in [0.717, 1.165) is 25.0 Å². The molecular weight excluding hydrogens is 347 g/mol. The average Bonchev–Trinajstić information content (AvgIpc) is 2.37. The van der Waals surface area contributed by atoms with Crippen LogP contribution in [0, 0.1) is 10.5 Å². The van der Waals surface area contributed by atoms with Crippen molar-refractivity contribution in [3.63, 3.8) is 0 Å². The number of hydrogen-bond donors (Lipinski definition) is 2. The van der Waals surface area contributed by atoms with Gasteiger partial charge in [0, 0.05) is 13.0 Å². The number of halogens is 1. The molecule has 0 aromatic carbocycles. The third-order valence-corrected chi connectivity index (χ3v) is 3.86. The maximum Gasteiger partial charge on any atom is 0.266 e. The molecule has 0 atom stereocenters. The van der Waals surface area contributed by atoms with Gasteiger partial charge in [-0.05, 0) is 42.4 Å². The van der Waals surface area contributed by atoms with E-state index in [1.54, 1.807) is 10.9 Å². The summed E-state index contributed by atoms with van der Waals surface area (Å²) in [5, 5.41) is 0. The first-order valence-electron chi connectivity index (χ1n) is 5.77. The second-order valence-electron chi connectivity index (χ2n) is 4.02. The fourth-order valence-corrected chi connectivity index (χ4v) is 1.97. The first-order chi connectivity index (χ1) is 8.56. The summed E-state index contributed by atoms with van der Waals surface area (Å²) in [5.74, 6) is 4.82. The lowest BCUT2D eigenvalue weighted by Crippen LogP contribution is -2.29. The quantitative estimate of drug-likeness (QED) is 0.256. The SMILES string of the molecule is Cc1ncn(CCCCCC(=O)NN)c(=O)c1I. The normalized spacial score (nSPS) is 10.4. The van der Waals surface area contributed by atoms with Gasteiger partial charge in [-0.1, -0.05) is 6.42 Å². The fourth-order valence-electron chi connectivity index (χ4n) is 1.52. The van der Waals surface area contributed by atoms with Crippen LogP contribution in [0.1, 0.15) is 31.4 Å². The molecule has 1 amide bonds. The van der Waals surface area contributed by atoms with E-state index in [1.807, 2.05) is 29.5 Å². The molecule has 0 bridgehead atoms. The molecule has 1 rings (SSSR count). The minimum Gasteiger partial charge on any atom is -0.298 e. The smallest absolute Gasteiger partial charge is 0.266 e. The number of aromatic nitrogens is 2. The van der Waals surface area contributed by atoms with Crippen molar-refractivity contribution < 1.29 is 4.79 Å². The summed E-state index contributed by atoms with van der Waals surface area (Å²) in [4.78, 5) is 26.9. The molecule has 7 heteroatoms.